The third kappa shape index (κ3) is 4.63. The van der Waals surface area contributed by atoms with Crippen LogP contribution in [-0.2, 0) is 11.2 Å². The molecule has 1 fully saturated rings. The number of piperidine rings is 1. The van der Waals surface area contributed by atoms with Crippen molar-refractivity contribution in [3.63, 3.8) is 0 Å². The van der Waals surface area contributed by atoms with E-state index in [9.17, 15) is 4.79 Å². The molecule has 2 heterocycles. The van der Waals surface area contributed by atoms with E-state index in [0.29, 0.717) is 12.3 Å². The van der Waals surface area contributed by atoms with E-state index < -0.39 is 0 Å². The van der Waals surface area contributed by atoms with Gasteiger partial charge in [-0.3, -0.25) is 9.78 Å². The van der Waals surface area contributed by atoms with Crippen LogP contribution >= 0.6 is 0 Å². The van der Waals surface area contributed by atoms with Crippen LogP contribution in [0, 0.1) is 5.92 Å². The van der Waals surface area contributed by atoms with Crippen LogP contribution in [0.1, 0.15) is 31.7 Å². The monoisotopic (exact) mass is 261 g/mol. The maximum Gasteiger partial charge on any atom is 0.220 e. The lowest BCUT2D eigenvalue weighted by Gasteiger charge is -2.28. The summed E-state index contributed by atoms with van der Waals surface area (Å²) in [5.41, 5.74) is 1.16. The fourth-order valence-electron chi connectivity index (χ4n) is 2.56. The van der Waals surface area contributed by atoms with Crippen LogP contribution in [0.5, 0.6) is 0 Å². The molecule has 104 valence electrons. The number of hydrogen-bond donors (Lipinski definition) is 2. The summed E-state index contributed by atoms with van der Waals surface area (Å²) in [6.45, 7) is 4.24. The third-order valence-corrected chi connectivity index (χ3v) is 3.82. The first-order valence-electron chi connectivity index (χ1n) is 7.14. The van der Waals surface area contributed by atoms with Crippen molar-refractivity contribution in [2.45, 2.75) is 38.6 Å². The molecule has 1 aromatic rings. The highest BCUT2D eigenvalue weighted by Gasteiger charge is 2.20. The Balaban J connectivity index is 1.71. The van der Waals surface area contributed by atoms with Gasteiger partial charge in [0.15, 0.2) is 0 Å². The van der Waals surface area contributed by atoms with Crippen LogP contribution < -0.4 is 10.6 Å². The first kappa shape index (κ1) is 14.0. The molecule has 0 saturated carbocycles. The molecular weight excluding hydrogens is 238 g/mol. The molecule has 0 aromatic carbocycles. The molecule has 0 radical (unpaired) electrons. The lowest BCUT2D eigenvalue weighted by molar-refractivity contribution is -0.122. The lowest BCUT2D eigenvalue weighted by atomic mass is 9.92. The number of aryl methyl sites for hydroxylation is 1. The van der Waals surface area contributed by atoms with Crippen molar-refractivity contribution in [3.8, 4) is 0 Å². The second kappa shape index (κ2) is 7.24. The minimum atomic E-state index is 0.148. The van der Waals surface area contributed by atoms with Gasteiger partial charge in [0.25, 0.3) is 0 Å². The highest BCUT2D eigenvalue weighted by Crippen LogP contribution is 2.14. The standard InChI is InChI=1S/C15H23N3O/c1-12(14-3-2-8-17-11-14)18-15(19)5-4-13-6-9-16-10-7-13/h6-7,9-10,12,14,17H,2-5,8,11H2,1H3,(H,18,19). The summed E-state index contributed by atoms with van der Waals surface area (Å²) < 4.78 is 0. The van der Waals surface area contributed by atoms with Gasteiger partial charge in [-0.1, -0.05) is 0 Å². The van der Waals surface area contributed by atoms with Gasteiger partial charge < -0.3 is 10.6 Å². The fraction of sp³-hybridized carbons (Fsp3) is 0.600. The second-order valence-corrected chi connectivity index (χ2v) is 5.32. The topological polar surface area (TPSA) is 54.0 Å². The average molecular weight is 261 g/mol. The van der Waals surface area contributed by atoms with E-state index in [4.69, 9.17) is 0 Å². The van der Waals surface area contributed by atoms with E-state index >= 15 is 0 Å². The Kier molecular flexibility index (Phi) is 5.33. The van der Waals surface area contributed by atoms with Gasteiger partial charge in [-0.25, -0.2) is 0 Å². The summed E-state index contributed by atoms with van der Waals surface area (Å²) >= 11 is 0. The van der Waals surface area contributed by atoms with E-state index in [-0.39, 0.29) is 11.9 Å². The normalized spacial score (nSPS) is 20.8. The first-order chi connectivity index (χ1) is 9.25. The number of amides is 1. The summed E-state index contributed by atoms with van der Waals surface area (Å²) in [6.07, 6.45) is 7.28. The van der Waals surface area contributed by atoms with Crippen molar-refractivity contribution in [2.75, 3.05) is 13.1 Å². The Morgan fingerprint density at radius 1 is 1.53 bits per heavy atom. The average Bonchev–Trinajstić information content (AvgIpc) is 2.47. The summed E-state index contributed by atoms with van der Waals surface area (Å²) in [7, 11) is 0. The predicted molar refractivity (Wildman–Crippen MR) is 75.8 cm³/mol. The van der Waals surface area contributed by atoms with Crippen molar-refractivity contribution in [2.24, 2.45) is 5.92 Å². The molecule has 1 amide bonds. The number of hydrogen-bond acceptors (Lipinski definition) is 3. The first-order valence-corrected chi connectivity index (χ1v) is 7.14. The predicted octanol–water partition coefficient (Wildman–Crippen LogP) is 1.52. The summed E-state index contributed by atoms with van der Waals surface area (Å²) in [4.78, 5) is 15.9. The fourth-order valence-corrected chi connectivity index (χ4v) is 2.56. The number of carbonyl (C=O) groups is 1. The smallest absolute Gasteiger partial charge is 0.220 e. The molecule has 1 saturated heterocycles. The lowest BCUT2D eigenvalue weighted by Crippen LogP contribution is -2.44. The maximum absolute atomic E-state index is 11.9. The van der Waals surface area contributed by atoms with Gasteiger partial charge in [0.1, 0.15) is 0 Å². The van der Waals surface area contributed by atoms with Crippen molar-refractivity contribution in [1.82, 2.24) is 15.6 Å². The number of carbonyl (C=O) groups excluding carboxylic acids is 1. The molecule has 1 aromatic heterocycles. The van der Waals surface area contributed by atoms with E-state index in [1.807, 2.05) is 12.1 Å². The van der Waals surface area contributed by atoms with Gasteiger partial charge in [-0.15, -0.1) is 0 Å². The minimum Gasteiger partial charge on any atom is -0.353 e. The van der Waals surface area contributed by atoms with E-state index in [0.717, 1.165) is 25.1 Å². The molecule has 1 aliphatic rings. The highest BCUT2D eigenvalue weighted by molar-refractivity contribution is 5.76. The quantitative estimate of drug-likeness (QED) is 0.845. The van der Waals surface area contributed by atoms with Gasteiger partial charge >= 0.3 is 0 Å². The van der Waals surface area contributed by atoms with Crippen molar-refractivity contribution < 1.29 is 4.79 Å². The number of aromatic nitrogens is 1. The van der Waals surface area contributed by atoms with Crippen LogP contribution in [0.15, 0.2) is 24.5 Å². The van der Waals surface area contributed by atoms with Crippen molar-refractivity contribution in [3.05, 3.63) is 30.1 Å². The molecular formula is C15H23N3O. The Morgan fingerprint density at radius 3 is 3.00 bits per heavy atom. The summed E-state index contributed by atoms with van der Waals surface area (Å²) in [6, 6.07) is 4.18. The largest absolute Gasteiger partial charge is 0.353 e. The molecule has 1 aliphatic heterocycles. The minimum absolute atomic E-state index is 0.148. The Labute approximate surface area is 115 Å². The SMILES string of the molecule is CC(NC(=O)CCc1ccncc1)C1CCCNC1. The number of rotatable bonds is 5. The Bertz CT molecular complexity index is 388. The van der Waals surface area contributed by atoms with E-state index in [1.165, 1.54) is 12.8 Å². The maximum atomic E-state index is 11.9. The highest BCUT2D eigenvalue weighted by atomic mass is 16.1. The van der Waals surface area contributed by atoms with Crippen molar-refractivity contribution in [1.29, 1.82) is 0 Å². The molecule has 19 heavy (non-hydrogen) atoms. The van der Waals surface area contributed by atoms with Gasteiger partial charge in [0, 0.05) is 24.9 Å². The molecule has 0 aliphatic carbocycles. The van der Waals surface area contributed by atoms with Gasteiger partial charge in [0.05, 0.1) is 0 Å². The molecule has 0 bridgehead atoms. The van der Waals surface area contributed by atoms with Crippen LogP contribution in [0.3, 0.4) is 0 Å². The summed E-state index contributed by atoms with van der Waals surface area (Å²) in [5.74, 6) is 0.716. The van der Waals surface area contributed by atoms with Crippen LogP contribution in [-0.4, -0.2) is 30.0 Å². The third-order valence-electron chi connectivity index (χ3n) is 3.82. The molecule has 2 N–H and O–H groups in total. The molecule has 2 atom stereocenters. The van der Waals surface area contributed by atoms with Crippen molar-refractivity contribution >= 4 is 5.91 Å². The molecule has 4 heteroatoms. The zero-order chi connectivity index (χ0) is 13.5. The number of pyridine rings is 1. The molecule has 2 rings (SSSR count). The van der Waals surface area contributed by atoms with Crippen LogP contribution in [0.4, 0.5) is 0 Å². The second-order valence-electron chi connectivity index (χ2n) is 5.32. The van der Waals surface area contributed by atoms with Crippen LogP contribution in [0.25, 0.3) is 0 Å². The molecule has 0 spiro atoms. The number of nitrogens with one attached hydrogen (secondary N) is 2. The Hall–Kier alpha value is -1.42. The van der Waals surface area contributed by atoms with Crippen LogP contribution in [0.2, 0.25) is 0 Å². The van der Waals surface area contributed by atoms with Gasteiger partial charge in [-0.05, 0) is 62.9 Å². The molecule has 4 nitrogen and oxygen atoms in total. The molecule has 2 unspecified atom stereocenters. The van der Waals surface area contributed by atoms with Gasteiger partial charge in [-0.2, -0.15) is 0 Å². The summed E-state index contributed by atoms with van der Waals surface area (Å²) in [5, 5.41) is 6.51. The van der Waals surface area contributed by atoms with Gasteiger partial charge in [0.2, 0.25) is 5.91 Å². The zero-order valence-electron chi connectivity index (χ0n) is 11.6. The zero-order valence-corrected chi connectivity index (χ0v) is 11.6. The van der Waals surface area contributed by atoms with E-state index in [1.54, 1.807) is 12.4 Å². The van der Waals surface area contributed by atoms with E-state index in [2.05, 4.69) is 22.5 Å². The number of nitrogens with zero attached hydrogens (tertiary/aromatic N) is 1. The Morgan fingerprint density at radius 2 is 2.32 bits per heavy atom.